The van der Waals surface area contributed by atoms with Crippen molar-refractivity contribution in [1.29, 1.82) is 0 Å². The number of aromatic nitrogens is 2. The van der Waals surface area contributed by atoms with Crippen LogP contribution in [0.25, 0.3) is 11.0 Å². The van der Waals surface area contributed by atoms with Gasteiger partial charge in [-0.05, 0) is 31.7 Å². The molecule has 0 saturated heterocycles. The lowest BCUT2D eigenvalue weighted by Crippen LogP contribution is -2.05. The van der Waals surface area contributed by atoms with Gasteiger partial charge in [0.2, 0.25) is 0 Å². The maximum atomic E-state index is 13.8. The number of halogens is 3. The van der Waals surface area contributed by atoms with E-state index >= 15 is 0 Å². The first kappa shape index (κ1) is 15.2. The van der Waals surface area contributed by atoms with Crippen LogP contribution in [0.2, 0.25) is 0 Å². The molecule has 2 aromatic rings. The number of hydrogen-bond acceptors (Lipinski definition) is 1. The van der Waals surface area contributed by atoms with Crippen molar-refractivity contribution < 1.29 is 8.78 Å². The van der Waals surface area contributed by atoms with Gasteiger partial charge >= 0.3 is 0 Å². The Bertz CT molecular complexity index is 605. The second-order valence-corrected chi connectivity index (χ2v) is 6.18. The number of rotatable bonds is 5. The summed E-state index contributed by atoms with van der Waals surface area (Å²) >= 11 is 6.11. The van der Waals surface area contributed by atoms with E-state index in [1.807, 2.05) is 4.57 Å². The smallest absolute Gasteiger partial charge is 0.153 e. The molecule has 5 heteroatoms. The highest BCUT2D eigenvalue weighted by molar-refractivity contribution is 6.20. The standard InChI is InChI=1S/C15H19ClF2N2/c1-9(2)5-4-6-20-13-8-11(17)7-12(18)14(13)19-15(20)10(3)16/h7-10H,4-6H2,1-3H3. The van der Waals surface area contributed by atoms with E-state index in [2.05, 4.69) is 18.8 Å². The van der Waals surface area contributed by atoms with Gasteiger partial charge in [-0.25, -0.2) is 13.8 Å². The van der Waals surface area contributed by atoms with Gasteiger partial charge in [0.15, 0.2) is 5.82 Å². The molecule has 0 bridgehead atoms. The first-order chi connectivity index (χ1) is 9.40. The van der Waals surface area contributed by atoms with E-state index in [4.69, 9.17) is 11.6 Å². The Morgan fingerprint density at radius 3 is 2.55 bits per heavy atom. The monoisotopic (exact) mass is 300 g/mol. The summed E-state index contributed by atoms with van der Waals surface area (Å²) in [7, 11) is 0. The minimum absolute atomic E-state index is 0.193. The second kappa shape index (κ2) is 6.08. The molecular formula is C15H19ClF2N2. The largest absolute Gasteiger partial charge is 0.327 e. The third kappa shape index (κ3) is 3.11. The summed E-state index contributed by atoms with van der Waals surface area (Å²) in [6, 6.07) is 2.18. The summed E-state index contributed by atoms with van der Waals surface area (Å²) in [6.45, 7) is 6.76. The van der Waals surface area contributed by atoms with Crippen LogP contribution in [0.4, 0.5) is 8.78 Å². The van der Waals surface area contributed by atoms with Crippen molar-refractivity contribution in [3.05, 3.63) is 29.6 Å². The second-order valence-electron chi connectivity index (χ2n) is 5.53. The summed E-state index contributed by atoms with van der Waals surface area (Å²) < 4.78 is 29.1. The zero-order valence-corrected chi connectivity index (χ0v) is 12.7. The average molecular weight is 301 g/mol. The quantitative estimate of drug-likeness (QED) is 0.706. The van der Waals surface area contributed by atoms with Crippen molar-refractivity contribution in [2.45, 2.75) is 45.5 Å². The fourth-order valence-corrected chi connectivity index (χ4v) is 2.53. The lowest BCUT2D eigenvalue weighted by molar-refractivity contribution is 0.508. The van der Waals surface area contributed by atoms with Gasteiger partial charge < -0.3 is 4.57 Å². The topological polar surface area (TPSA) is 17.8 Å². The zero-order valence-electron chi connectivity index (χ0n) is 12.0. The number of imidazole rings is 1. The predicted molar refractivity (Wildman–Crippen MR) is 78.0 cm³/mol. The molecule has 0 fully saturated rings. The van der Waals surface area contributed by atoms with Gasteiger partial charge in [0.1, 0.15) is 17.2 Å². The van der Waals surface area contributed by atoms with E-state index in [0.717, 1.165) is 18.9 Å². The summed E-state index contributed by atoms with van der Waals surface area (Å²) in [5.74, 6) is -0.0417. The Kier molecular flexibility index (Phi) is 4.63. The molecule has 0 aliphatic rings. The van der Waals surface area contributed by atoms with Gasteiger partial charge in [-0.1, -0.05) is 13.8 Å². The van der Waals surface area contributed by atoms with Crippen molar-refractivity contribution in [3.8, 4) is 0 Å². The first-order valence-corrected chi connectivity index (χ1v) is 7.33. The molecule has 0 aliphatic heterocycles. The van der Waals surface area contributed by atoms with E-state index in [1.54, 1.807) is 6.92 Å². The molecule has 2 nitrogen and oxygen atoms in total. The molecule has 1 aromatic heterocycles. The first-order valence-electron chi connectivity index (χ1n) is 6.89. The van der Waals surface area contributed by atoms with Gasteiger partial charge in [0.25, 0.3) is 0 Å². The van der Waals surface area contributed by atoms with E-state index in [9.17, 15) is 8.78 Å². The molecule has 0 aliphatic carbocycles. The van der Waals surface area contributed by atoms with Crippen LogP contribution in [-0.2, 0) is 6.54 Å². The van der Waals surface area contributed by atoms with Crippen molar-refractivity contribution in [2.24, 2.45) is 5.92 Å². The van der Waals surface area contributed by atoms with E-state index in [-0.39, 0.29) is 10.9 Å². The van der Waals surface area contributed by atoms with Crippen molar-refractivity contribution >= 4 is 22.6 Å². The van der Waals surface area contributed by atoms with Crippen LogP contribution in [0.15, 0.2) is 12.1 Å². The summed E-state index contributed by atoms with van der Waals surface area (Å²) in [5, 5.41) is -0.344. The summed E-state index contributed by atoms with van der Waals surface area (Å²) in [6.07, 6.45) is 1.98. The van der Waals surface area contributed by atoms with Crippen molar-refractivity contribution in [1.82, 2.24) is 9.55 Å². The van der Waals surface area contributed by atoms with Crippen molar-refractivity contribution in [2.75, 3.05) is 0 Å². The van der Waals surface area contributed by atoms with Gasteiger partial charge in [0.05, 0.1) is 10.9 Å². The van der Waals surface area contributed by atoms with Gasteiger partial charge in [0, 0.05) is 12.6 Å². The van der Waals surface area contributed by atoms with Crippen LogP contribution in [0.1, 0.15) is 44.8 Å². The number of fused-ring (bicyclic) bond motifs is 1. The average Bonchev–Trinajstić information content (AvgIpc) is 2.68. The Labute approximate surface area is 122 Å². The van der Waals surface area contributed by atoms with E-state index in [0.29, 0.717) is 23.8 Å². The zero-order chi connectivity index (χ0) is 14.9. The third-order valence-corrected chi connectivity index (χ3v) is 3.52. The van der Waals surface area contributed by atoms with Crippen LogP contribution in [0.3, 0.4) is 0 Å². The minimum atomic E-state index is -0.638. The molecule has 2 rings (SSSR count). The Hall–Kier alpha value is -1.16. The van der Waals surface area contributed by atoms with E-state index < -0.39 is 11.6 Å². The number of nitrogens with zero attached hydrogens (tertiary/aromatic N) is 2. The van der Waals surface area contributed by atoms with Crippen LogP contribution < -0.4 is 0 Å². The Balaban J connectivity index is 2.45. The molecule has 0 radical (unpaired) electrons. The molecule has 20 heavy (non-hydrogen) atoms. The molecule has 1 aromatic carbocycles. The highest BCUT2D eigenvalue weighted by atomic mass is 35.5. The fraction of sp³-hybridized carbons (Fsp3) is 0.533. The molecule has 0 spiro atoms. The van der Waals surface area contributed by atoms with Crippen LogP contribution in [0, 0.1) is 17.6 Å². The Morgan fingerprint density at radius 2 is 1.95 bits per heavy atom. The Morgan fingerprint density at radius 1 is 1.25 bits per heavy atom. The lowest BCUT2D eigenvalue weighted by Gasteiger charge is -2.11. The fourth-order valence-electron chi connectivity index (χ4n) is 2.36. The van der Waals surface area contributed by atoms with Crippen LogP contribution in [0.5, 0.6) is 0 Å². The maximum absolute atomic E-state index is 13.8. The molecule has 110 valence electrons. The minimum Gasteiger partial charge on any atom is -0.327 e. The molecule has 0 saturated carbocycles. The highest BCUT2D eigenvalue weighted by Crippen LogP contribution is 2.27. The number of benzene rings is 1. The molecular weight excluding hydrogens is 282 g/mol. The lowest BCUT2D eigenvalue weighted by atomic mass is 10.1. The number of hydrogen-bond donors (Lipinski definition) is 0. The van der Waals surface area contributed by atoms with Gasteiger partial charge in [-0.15, -0.1) is 11.6 Å². The van der Waals surface area contributed by atoms with Crippen LogP contribution >= 0.6 is 11.6 Å². The maximum Gasteiger partial charge on any atom is 0.153 e. The van der Waals surface area contributed by atoms with Crippen LogP contribution in [-0.4, -0.2) is 9.55 Å². The third-order valence-electron chi connectivity index (χ3n) is 3.32. The molecule has 1 heterocycles. The van der Waals surface area contributed by atoms with Crippen molar-refractivity contribution in [3.63, 3.8) is 0 Å². The molecule has 0 amide bonds. The number of alkyl halides is 1. The molecule has 0 N–H and O–H groups in total. The number of aryl methyl sites for hydroxylation is 1. The summed E-state index contributed by atoms with van der Waals surface area (Å²) in [5.41, 5.74) is 0.673. The molecule has 1 atom stereocenters. The predicted octanol–water partition coefficient (Wildman–Crippen LogP) is 5.05. The highest BCUT2D eigenvalue weighted by Gasteiger charge is 2.18. The summed E-state index contributed by atoms with van der Waals surface area (Å²) in [4.78, 5) is 4.24. The van der Waals surface area contributed by atoms with E-state index in [1.165, 1.54) is 6.07 Å². The SMILES string of the molecule is CC(C)CCCn1c(C(C)Cl)nc2c(F)cc(F)cc21. The normalized spacial score (nSPS) is 13.3. The van der Waals surface area contributed by atoms with Gasteiger partial charge in [-0.2, -0.15) is 0 Å². The molecule has 1 unspecified atom stereocenters. The van der Waals surface area contributed by atoms with Gasteiger partial charge in [-0.3, -0.25) is 0 Å².